The van der Waals surface area contributed by atoms with Crippen LogP contribution in [0.5, 0.6) is 0 Å². The van der Waals surface area contributed by atoms with Crippen molar-refractivity contribution in [2.45, 2.75) is 88.1 Å². The molecule has 0 unspecified atom stereocenters. The van der Waals surface area contributed by atoms with Crippen LogP contribution >= 0.6 is 12.2 Å². The first-order chi connectivity index (χ1) is 13.3. The first-order valence-corrected chi connectivity index (χ1v) is 12.2. The minimum absolute atomic E-state index is 0.0367. The molecular weight excluding hydrogens is 400 g/mol. The Kier molecular flexibility index (Phi) is 9.39. The lowest BCUT2D eigenvalue weighted by Gasteiger charge is -2.36. The quantitative estimate of drug-likeness (QED) is 0.251. The Bertz CT molecular complexity index is 613. The molecule has 0 aromatic rings. The van der Waals surface area contributed by atoms with Crippen LogP contribution in [0.15, 0.2) is 0 Å². The lowest BCUT2D eigenvalue weighted by molar-refractivity contribution is -0.120. The third-order valence-electron chi connectivity index (χ3n) is 5.67. The maximum absolute atomic E-state index is 11.2. The molecule has 0 radical (unpaired) electrons. The van der Waals surface area contributed by atoms with E-state index < -0.39 is 15.4 Å². The minimum Gasteiger partial charge on any atom is -0.748 e. The molecule has 0 aromatic carbocycles. The van der Waals surface area contributed by atoms with Gasteiger partial charge in [0.25, 0.3) is 0 Å². The van der Waals surface area contributed by atoms with Crippen LogP contribution in [-0.4, -0.2) is 60.5 Å². The summed E-state index contributed by atoms with van der Waals surface area (Å²) in [7, 11) is -4.14. The lowest BCUT2D eigenvalue weighted by atomic mass is 9.88. The number of carbonyl (C=O) groups is 1. The van der Waals surface area contributed by atoms with Gasteiger partial charge in [-0.2, -0.15) is 0 Å². The number of hydrogen-bond acceptors (Lipinski definition) is 6. The molecule has 10 heteroatoms. The smallest absolute Gasteiger partial charge is 0.219 e. The van der Waals surface area contributed by atoms with Gasteiger partial charge in [-0.25, -0.2) is 8.42 Å². The Labute approximate surface area is 173 Å². The molecule has 2 aliphatic carbocycles. The van der Waals surface area contributed by atoms with Crippen LogP contribution in [0.3, 0.4) is 0 Å². The largest absolute Gasteiger partial charge is 0.748 e. The summed E-state index contributed by atoms with van der Waals surface area (Å²) in [4.78, 5) is 11.2. The Balaban J connectivity index is 1.57. The maximum atomic E-state index is 11.2. The number of carbonyl (C=O) groups excluding carboxylic acids is 1. The summed E-state index contributed by atoms with van der Waals surface area (Å²) in [5.74, 6) is 0.0367. The van der Waals surface area contributed by atoms with E-state index in [-0.39, 0.29) is 5.91 Å². The van der Waals surface area contributed by atoms with E-state index in [2.05, 4.69) is 21.3 Å². The van der Waals surface area contributed by atoms with Gasteiger partial charge in [0.05, 0.1) is 10.1 Å². The highest BCUT2D eigenvalue weighted by Crippen LogP contribution is 2.26. The molecule has 0 bridgehead atoms. The number of rotatable bonds is 8. The molecule has 0 aromatic heterocycles. The Hall–Kier alpha value is -0.970. The highest BCUT2D eigenvalue weighted by Gasteiger charge is 2.28. The predicted octanol–water partition coefficient (Wildman–Crippen LogP) is 0.734. The third-order valence-corrected chi connectivity index (χ3v) is 7.22. The second-order valence-electron chi connectivity index (χ2n) is 7.79. The second kappa shape index (κ2) is 11.3. The average Bonchev–Trinajstić information content (AvgIpc) is 2.66. The van der Waals surface area contributed by atoms with Gasteiger partial charge in [0.2, 0.25) is 5.91 Å². The summed E-state index contributed by atoms with van der Waals surface area (Å²) in [5.41, 5.74) is 0. The van der Waals surface area contributed by atoms with Gasteiger partial charge in [-0.05, 0) is 63.6 Å². The Morgan fingerprint density at radius 3 is 1.96 bits per heavy atom. The predicted molar refractivity (Wildman–Crippen MR) is 112 cm³/mol. The summed E-state index contributed by atoms with van der Waals surface area (Å²) in [6.07, 6.45) is 7.09. The minimum atomic E-state index is -4.14. The third kappa shape index (κ3) is 8.18. The molecule has 1 amide bonds. The molecule has 0 saturated heterocycles. The van der Waals surface area contributed by atoms with E-state index in [1.54, 1.807) is 0 Å². The maximum Gasteiger partial charge on any atom is 0.219 e. The van der Waals surface area contributed by atoms with E-state index in [0.717, 1.165) is 38.5 Å². The molecule has 0 spiro atoms. The van der Waals surface area contributed by atoms with Crippen LogP contribution in [-0.2, 0) is 14.9 Å². The number of amides is 1. The van der Waals surface area contributed by atoms with Crippen molar-refractivity contribution >= 4 is 33.4 Å². The van der Waals surface area contributed by atoms with Gasteiger partial charge in [-0.15, -0.1) is 0 Å². The van der Waals surface area contributed by atoms with Crippen molar-refractivity contribution in [2.75, 3.05) is 13.1 Å². The second-order valence-corrected chi connectivity index (χ2v) is 9.85. The summed E-state index contributed by atoms with van der Waals surface area (Å²) in [5, 5.41) is 12.8. The summed E-state index contributed by atoms with van der Waals surface area (Å²) in [6.45, 7) is 2.99. The number of nitrogens with one attached hydrogen (secondary N) is 4. The highest BCUT2D eigenvalue weighted by molar-refractivity contribution is 7.86. The summed E-state index contributed by atoms with van der Waals surface area (Å²) >= 11 is 5.32. The van der Waals surface area contributed by atoms with Gasteiger partial charge in [-0.3, -0.25) is 4.79 Å². The van der Waals surface area contributed by atoms with E-state index in [1.165, 1.54) is 0 Å². The van der Waals surface area contributed by atoms with Crippen LogP contribution in [0, 0.1) is 0 Å². The van der Waals surface area contributed by atoms with E-state index in [4.69, 9.17) is 12.2 Å². The molecule has 2 fully saturated rings. The van der Waals surface area contributed by atoms with Gasteiger partial charge < -0.3 is 25.8 Å². The molecule has 4 N–H and O–H groups in total. The molecule has 162 valence electrons. The van der Waals surface area contributed by atoms with Crippen LogP contribution < -0.4 is 21.3 Å². The fraction of sp³-hybridized carbons (Fsp3) is 0.889. The van der Waals surface area contributed by atoms with E-state index in [9.17, 15) is 17.8 Å². The Morgan fingerprint density at radius 1 is 0.929 bits per heavy atom. The summed E-state index contributed by atoms with van der Waals surface area (Å²) in [6, 6.07) is 1.10. The van der Waals surface area contributed by atoms with Crippen LogP contribution in [0.1, 0.15) is 64.7 Å². The van der Waals surface area contributed by atoms with Crippen LogP contribution in [0.2, 0.25) is 0 Å². The normalized spacial score (nSPS) is 28.4. The first kappa shape index (κ1) is 23.3. The van der Waals surface area contributed by atoms with E-state index in [0.29, 0.717) is 55.6 Å². The van der Waals surface area contributed by atoms with Crippen LogP contribution in [0.25, 0.3) is 0 Å². The lowest BCUT2D eigenvalue weighted by Crippen LogP contribution is -2.49. The number of thiocarbonyl (C=S) groups is 1. The van der Waals surface area contributed by atoms with Gasteiger partial charge >= 0.3 is 0 Å². The van der Waals surface area contributed by atoms with Crippen molar-refractivity contribution in [2.24, 2.45) is 0 Å². The molecule has 2 rings (SSSR count). The average molecular weight is 434 g/mol. The van der Waals surface area contributed by atoms with Crippen molar-refractivity contribution in [3.63, 3.8) is 0 Å². The molecule has 0 heterocycles. The van der Waals surface area contributed by atoms with Crippen molar-refractivity contribution < 1.29 is 17.8 Å². The molecular formula is C18H33N4O4S2-. The standard InChI is InChI=1S/C18H34N4O4S2/c1-2-17(23)19-11-12-20-18(27)22-15-5-3-13(4-6-15)21-14-7-9-16(10-8-14)28(24,25)26/h13-16,21H,2-12H2,1H3,(H,19,23)(H2,20,22,27)(H,24,25,26)/p-1. The molecule has 0 aliphatic heterocycles. The van der Waals surface area contributed by atoms with Crippen molar-refractivity contribution in [3.05, 3.63) is 0 Å². The van der Waals surface area contributed by atoms with Crippen LogP contribution in [0.4, 0.5) is 0 Å². The number of hydrogen-bond donors (Lipinski definition) is 4. The first-order valence-electron chi connectivity index (χ1n) is 10.3. The fourth-order valence-electron chi connectivity index (χ4n) is 4.00. The van der Waals surface area contributed by atoms with Gasteiger partial charge in [-0.1, -0.05) is 6.92 Å². The molecule has 2 saturated carbocycles. The molecule has 8 nitrogen and oxygen atoms in total. The SMILES string of the molecule is CCC(=O)NCCNC(=S)NC1CCC(NC2CCC(S(=O)(=O)[O-])CC2)CC1. The van der Waals surface area contributed by atoms with Gasteiger partial charge in [0, 0.05) is 42.9 Å². The summed E-state index contributed by atoms with van der Waals surface area (Å²) < 4.78 is 33.4. The fourth-order valence-corrected chi connectivity index (χ4v) is 5.11. The monoisotopic (exact) mass is 433 g/mol. The zero-order valence-corrected chi connectivity index (χ0v) is 18.2. The highest BCUT2D eigenvalue weighted by atomic mass is 32.2. The van der Waals surface area contributed by atoms with E-state index >= 15 is 0 Å². The molecule has 2 aliphatic rings. The Morgan fingerprint density at radius 2 is 1.43 bits per heavy atom. The molecule has 0 atom stereocenters. The van der Waals surface area contributed by atoms with E-state index in [1.807, 2.05) is 6.92 Å². The van der Waals surface area contributed by atoms with Crippen molar-refractivity contribution in [3.8, 4) is 0 Å². The zero-order chi connectivity index (χ0) is 20.6. The van der Waals surface area contributed by atoms with Gasteiger partial charge in [0.1, 0.15) is 0 Å². The molecule has 28 heavy (non-hydrogen) atoms. The van der Waals surface area contributed by atoms with Crippen molar-refractivity contribution in [1.82, 2.24) is 21.3 Å². The zero-order valence-electron chi connectivity index (χ0n) is 16.5. The van der Waals surface area contributed by atoms with Gasteiger partial charge in [0.15, 0.2) is 5.11 Å². The topological polar surface area (TPSA) is 122 Å². The van der Waals surface area contributed by atoms with Crippen molar-refractivity contribution in [1.29, 1.82) is 0 Å².